The molecule has 2 aromatic rings. The molecule has 4 nitrogen and oxygen atoms in total. The van der Waals surface area contributed by atoms with Gasteiger partial charge in [0.2, 0.25) is 0 Å². The van der Waals surface area contributed by atoms with E-state index in [0.717, 1.165) is 17.5 Å². The van der Waals surface area contributed by atoms with Crippen molar-refractivity contribution in [2.75, 3.05) is 11.6 Å². The minimum Gasteiger partial charge on any atom is -0.380 e. The predicted molar refractivity (Wildman–Crippen MR) is 71.1 cm³/mol. The molecule has 0 aliphatic heterocycles. The van der Waals surface area contributed by atoms with Crippen LogP contribution in [0.4, 0.5) is 5.69 Å². The molecule has 0 bridgehead atoms. The van der Waals surface area contributed by atoms with Crippen LogP contribution >= 0.6 is 0 Å². The second-order valence-electron chi connectivity index (χ2n) is 4.00. The van der Waals surface area contributed by atoms with E-state index in [9.17, 15) is 8.42 Å². The highest BCUT2D eigenvalue weighted by molar-refractivity contribution is 7.90. The predicted octanol–water partition coefficient (Wildman–Crippen LogP) is 2.10. The lowest BCUT2D eigenvalue weighted by Gasteiger charge is -2.06. The average molecular weight is 262 g/mol. The number of pyridine rings is 1. The van der Waals surface area contributed by atoms with Crippen LogP contribution in [0.15, 0.2) is 53.7 Å². The molecule has 1 N–H and O–H groups in total. The monoisotopic (exact) mass is 262 g/mol. The first-order valence-electron chi connectivity index (χ1n) is 5.49. The fourth-order valence-corrected chi connectivity index (χ4v) is 2.06. The first kappa shape index (κ1) is 12.6. The van der Waals surface area contributed by atoms with Crippen molar-refractivity contribution in [3.8, 4) is 0 Å². The third-order valence-electron chi connectivity index (χ3n) is 2.46. The second kappa shape index (κ2) is 5.18. The summed E-state index contributed by atoms with van der Waals surface area (Å²) in [5.41, 5.74) is 1.95. The van der Waals surface area contributed by atoms with Gasteiger partial charge in [0.25, 0.3) is 0 Å². The molecule has 0 unspecified atom stereocenters. The standard InChI is InChI=1S/C13H14N2O2S/c1-18(16,17)13-8-7-12(10-15-13)14-9-11-5-3-2-4-6-11/h2-8,10,14H,9H2,1H3. The van der Waals surface area contributed by atoms with Gasteiger partial charge in [-0.1, -0.05) is 30.3 Å². The summed E-state index contributed by atoms with van der Waals surface area (Å²) in [5.74, 6) is 0. The zero-order valence-electron chi connectivity index (χ0n) is 10.00. The highest BCUT2D eigenvalue weighted by Gasteiger charge is 2.07. The van der Waals surface area contributed by atoms with Crippen molar-refractivity contribution >= 4 is 15.5 Å². The number of sulfone groups is 1. The van der Waals surface area contributed by atoms with Gasteiger partial charge in [-0.2, -0.15) is 0 Å². The maximum atomic E-state index is 11.2. The lowest BCUT2D eigenvalue weighted by molar-refractivity contribution is 0.598. The molecule has 0 aliphatic rings. The maximum Gasteiger partial charge on any atom is 0.192 e. The van der Waals surface area contributed by atoms with Crippen molar-refractivity contribution < 1.29 is 8.42 Å². The van der Waals surface area contributed by atoms with Crippen molar-refractivity contribution in [1.82, 2.24) is 4.98 Å². The second-order valence-corrected chi connectivity index (χ2v) is 5.96. The number of aromatic nitrogens is 1. The van der Waals surface area contributed by atoms with Gasteiger partial charge < -0.3 is 5.32 Å². The molecule has 0 amide bonds. The lowest BCUT2D eigenvalue weighted by atomic mass is 10.2. The summed E-state index contributed by atoms with van der Waals surface area (Å²) in [6.07, 6.45) is 2.67. The van der Waals surface area contributed by atoms with Crippen LogP contribution in [0.5, 0.6) is 0 Å². The molecule has 0 saturated carbocycles. The number of anilines is 1. The van der Waals surface area contributed by atoms with E-state index < -0.39 is 9.84 Å². The fourth-order valence-electron chi connectivity index (χ4n) is 1.50. The van der Waals surface area contributed by atoms with Gasteiger partial charge in [-0.15, -0.1) is 0 Å². The van der Waals surface area contributed by atoms with Gasteiger partial charge in [0.05, 0.1) is 11.9 Å². The summed E-state index contributed by atoms with van der Waals surface area (Å²) in [5, 5.41) is 3.27. The van der Waals surface area contributed by atoms with E-state index in [1.54, 1.807) is 6.07 Å². The Morgan fingerprint density at radius 1 is 1.11 bits per heavy atom. The molecule has 5 heteroatoms. The molecule has 2 rings (SSSR count). The number of hydrogen-bond donors (Lipinski definition) is 1. The Balaban J connectivity index is 2.03. The summed E-state index contributed by atoms with van der Waals surface area (Å²) in [4.78, 5) is 3.91. The SMILES string of the molecule is CS(=O)(=O)c1ccc(NCc2ccccc2)cn1. The molecule has 0 saturated heterocycles. The highest BCUT2D eigenvalue weighted by atomic mass is 32.2. The Hall–Kier alpha value is -1.88. The Labute approximate surface area is 107 Å². The molecule has 0 radical (unpaired) electrons. The maximum absolute atomic E-state index is 11.2. The molecule has 0 atom stereocenters. The van der Waals surface area contributed by atoms with Crippen LogP contribution in [0.3, 0.4) is 0 Å². The van der Waals surface area contributed by atoms with Crippen LogP contribution in [0.1, 0.15) is 5.56 Å². The molecule has 0 fully saturated rings. The number of rotatable bonds is 4. The number of nitrogens with zero attached hydrogens (tertiary/aromatic N) is 1. The normalized spacial score (nSPS) is 11.2. The summed E-state index contributed by atoms with van der Waals surface area (Å²) < 4.78 is 22.5. The van der Waals surface area contributed by atoms with Crippen molar-refractivity contribution in [2.45, 2.75) is 11.6 Å². The molecule has 1 aromatic carbocycles. The average Bonchev–Trinajstić information content (AvgIpc) is 2.37. The first-order chi connectivity index (χ1) is 8.55. The molecule has 1 aromatic heterocycles. The van der Waals surface area contributed by atoms with Crippen LogP contribution in [0.2, 0.25) is 0 Å². The lowest BCUT2D eigenvalue weighted by Crippen LogP contribution is -2.03. The van der Waals surface area contributed by atoms with E-state index in [2.05, 4.69) is 10.3 Å². The van der Waals surface area contributed by atoms with E-state index >= 15 is 0 Å². The van der Waals surface area contributed by atoms with Gasteiger partial charge in [-0.3, -0.25) is 0 Å². The summed E-state index contributed by atoms with van der Waals surface area (Å²) >= 11 is 0. The van der Waals surface area contributed by atoms with Crippen LogP contribution in [-0.4, -0.2) is 19.7 Å². The Morgan fingerprint density at radius 3 is 2.39 bits per heavy atom. The smallest absolute Gasteiger partial charge is 0.192 e. The quantitative estimate of drug-likeness (QED) is 0.916. The van der Waals surface area contributed by atoms with E-state index in [0.29, 0.717) is 6.54 Å². The Morgan fingerprint density at radius 2 is 1.83 bits per heavy atom. The summed E-state index contributed by atoms with van der Waals surface area (Å²) in [6, 6.07) is 13.2. The number of nitrogens with one attached hydrogen (secondary N) is 1. The van der Waals surface area contributed by atoms with E-state index in [-0.39, 0.29) is 5.03 Å². The molecular weight excluding hydrogens is 248 g/mol. The van der Waals surface area contributed by atoms with Crippen molar-refractivity contribution in [3.05, 3.63) is 54.2 Å². The van der Waals surface area contributed by atoms with Gasteiger partial charge in [0.1, 0.15) is 0 Å². The van der Waals surface area contributed by atoms with Crippen molar-refractivity contribution in [2.24, 2.45) is 0 Å². The number of benzene rings is 1. The molecular formula is C13H14N2O2S. The van der Waals surface area contributed by atoms with E-state index in [1.807, 2.05) is 30.3 Å². The molecule has 1 heterocycles. The van der Waals surface area contributed by atoms with Crippen LogP contribution in [0.25, 0.3) is 0 Å². The van der Waals surface area contributed by atoms with Gasteiger partial charge in [0.15, 0.2) is 14.9 Å². The van der Waals surface area contributed by atoms with Gasteiger partial charge in [-0.05, 0) is 17.7 Å². The molecule has 0 aliphatic carbocycles. The van der Waals surface area contributed by atoms with Gasteiger partial charge in [-0.25, -0.2) is 13.4 Å². The molecule has 94 valence electrons. The first-order valence-corrected chi connectivity index (χ1v) is 7.39. The minimum atomic E-state index is -3.23. The summed E-state index contributed by atoms with van der Waals surface area (Å²) in [6.45, 7) is 0.681. The minimum absolute atomic E-state index is 0.0905. The van der Waals surface area contributed by atoms with Crippen LogP contribution in [0, 0.1) is 0 Å². The molecule has 0 spiro atoms. The van der Waals surface area contributed by atoms with E-state index in [4.69, 9.17) is 0 Å². The third-order valence-corrected chi connectivity index (χ3v) is 3.46. The third kappa shape index (κ3) is 3.30. The molecule has 18 heavy (non-hydrogen) atoms. The number of hydrogen-bond acceptors (Lipinski definition) is 4. The topological polar surface area (TPSA) is 59.1 Å². The highest BCUT2D eigenvalue weighted by Crippen LogP contribution is 2.11. The summed E-state index contributed by atoms with van der Waals surface area (Å²) in [7, 11) is -3.23. The van der Waals surface area contributed by atoms with Crippen LogP contribution in [-0.2, 0) is 16.4 Å². The Bertz CT molecular complexity index is 607. The largest absolute Gasteiger partial charge is 0.380 e. The zero-order valence-corrected chi connectivity index (χ0v) is 10.8. The van der Waals surface area contributed by atoms with Gasteiger partial charge in [0, 0.05) is 12.8 Å². The van der Waals surface area contributed by atoms with Gasteiger partial charge >= 0.3 is 0 Å². The Kier molecular flexibility index (Phi) is 3.62. The van der Waals surface area contributed by atoms with Crippen molar-refractivity contribution in [3.63, 3.8) is 0 Å². The van der Waals surface area contributed by atoms with Crippen molar-refractivity contribution in [1.29, 1.82) is 0 Å². The van der Waals surface area contributed by atoms with E-state index in [1.165, 1.54) is 12.3 Å². The van der Waals surface area contributed by atoms with Crippen LogP contribution < -0.4 is 5.32 Å². The fraction of sp³-hybridized carbons (Fsp3) is 0.154. The zero-order chi connectivity index (χ0) is 13.0.